The number of phenolic OH excluding ortho intramolecular Hbond substituents is 4. The standard InChI is InChI=1S/C55H63N3O9/c1-32(2)6-4-24-66-50-29-36(28-49(64)53(50)65)34-9-14-42-40-15-13-39(59)26-35(40)10-16-44(42)58-51-30-37(20-23-57-51)55(21-19-45(60)43(55)31-38-7-3-22-56-38)52(48(63)27-34)46(61)17-11-33-12-18-47(62)54-41(33)8-5-25-67-54/h3,7,10,12-13,15-16,18,20,22-23,26,28-30,32,34,43,45-46,52,56,59-62,64-65H,4-6,8-9,11,14,17,19,21,24-25,27,31H2,1-2H3,(H,57,58). The number of phenols is 4. The molecule has 12 heteroatoms. The largest absolute Gasteiger partial charge is 0.508 e. The van der Waals surface area contributed by atoms with Crippen LogP contribution in [0.25, 0.3) is 10.8 Å². The predicted molar refractivity (Wildman–Crippen MR) is 258 cm³/mol. The van der Waals surface area contributed by atoms with Crippen molar-refractivity contribution in [2.75, 3.05) is 18.5 Å². The van der Waals surface area contributed by atoms with E-state index in [-0.39, 0.29) is 47.4 Å². The number of fused-ring (bicyclic) bond motifs is 7. The zero-order valence-corrected chi connectivity index (χ0v) is 38.4. The summed E-state index contributed by atoms with van der Waals surface area (Å²) in [5, 5.41) is 74.1. The summed E-state index contributed by atoms with van der Waals surface area (Å²) in [6.07, 6.45) is 7.58. The second kappa shape index (κ2) is 19.5. The summed E-state index contributed by atoms with van der Waals surface area (Å²) in [7, 11) is 0. The lowest BCUT2D eigenvalue weighted by Crippen LogP contribution is -2.51. The van der Waals surface area contributed by atoms with Crippen LogP contribution < -0.4 is 14.8 Å². The number of Topliss-reactive ketones (excluding diaryl/α,β-unsaturated/α-hetero) is 1. The third-order valence-corrected chi connectivity index (χ3v) is 14.8. The Labute approximate surface area is 391 Å². The average molecular weight is 910 g/mol. The molecule has 2 bridgehead atoms. The smallest absolute Gasteiger partial charge is 0.200 e. The molecule has 1 fully saturated rings. The Bertz CT molecular complexity index is 2720. The Hall–Kier alpha value is -6.24. The number of hydrogen-bond acceptors (Lipinski definition) is 11. The van der Waals surface area contributed by atoms with Gasteiger partial charge in [0.05, 0.1) is 31.3 Å². The number of hydrogen-bond donors (Lipinski definition) is 8. The van der Waals surface area contributed by atoms with Gasteiger partial charge in [-0.3, -0.25) is 4.79 Å². The normalized spacial score (nSPS) is 22.3. The first-order chi connectivity index (χ1) is 32.4. The number of aromatic nitrogens is 2. The van der Waals surface area contributed by atoms with Crippen molar-refractivity contribution in [3.05, 3.63) is 125 Å². The van der Waals surface area contributed by atoms with E-state index in [2.05, 4.69) is 24.1 Å². The summed E-state index contributed by atoms with van der Waals surface area (Å²) in [4.78, 5) is 24.2. The molecule has 1 aliphatic carbocycles. The van der Waals surface area contributed by atoms with Crippen LogP contribution in [0.1, 0.15) is 105 Å². The van der Waals surface area contributed by atoms with Crippen LogP contribution in [0, 0.1) is 17.8 Å². The minimum absolute atomic E-state index is 0.0273. The van der Waals surface area contributed by atoms with Crippen LogP contribution in [0.15, 0.2) is 91.3 Å². The molecule has 0 radical (unpaired) electrons. The molecule has 3 aliphatic rings. The van der Waals surface area contributed by atoms with Gasteiger partial charge in [-0.05, 0) is 176 Å². The Morgan fingerprint density at radius 1 is 0.925 bits per heavy atom. The monoisotopic (exact) mass is 909 g/mol. The van der Waals surface area contributed by atoms with Crippen molar-refractivity contribution in [3.8, 4) is 34.5 Å². The molecule has 67 heavy (non-hydrogen) atoms. The SMILES string of the molecule is CC(C)CCCOc1cc(C2CCc3c(ccc4cc(O)ccc34)Nc3cc(ccn3)C3(CCC(O)C3Cc3ccc[nH]3)C(C(O)CCc3ccc(O)c4c3CCCO4)C(=O)C2)cc(O)c1O. The molecule has 9 rings (SSSR count). The van der Waals surface area contributed by atoms with Crippen LogP contribution >= 0.6 is 0 Å². The molecule has 8 N–H and O–H groups in total. The number of nitrogens with zero attached hydrogens (tertiary/aromatic N) is 1. The second-order valence-electron chi connectivity index (χ2n) is 19.5. The summed E-state index contributed by atoms with van der Waals surface area (Å²) in [5.74, 6) is -1.06. The first-order valence-corrected chi connectivity index (χ1v) is 24.0. The molecular formula is C55H63N3O9. The number of anilines is 2. The molecule has 2 aromatic heterocycles. The van der Waals surface area contributed by atoms with E-state index < -0.39 is 35.4 Å². The van der Waals surface area contributed by atoms with Gasteiger partial charge >= 0.3 is 0 Å². The van der Waals surface area contributed by atoms with Crippen molar-refractivity contribution in [2.24, 2.45) is 17.8 Å². The number of aryl methyl sites for hydroxylation is 2. The highest BCUT2D eigenvalue weighted by atomic mass is 16.5. The average Bonchev–Trinajstić information content (AvgIpc) is 3.96. The number of benzene rings is 4. The molecule has 0 saturated heterocycles. The number of aliphatic hydroxyl groups is 2. The number of aromatic hydroxyl groups is 4. The highest BCUT2D eigenvalue weighted by Crippen LogP contribution is 2.55. The van der Waals surface area contributed by atoms with Crippen LogP contribution in [0.5, 0.6) is 34.5 Å². The molecule has 4 heterocycles. The van der Waals surface area contributed by atoms with Gasteiger partial charge in [-0.25, -0.2) is 4.98 Å². The Morgan fingerprint density at radius 3 is 2.61 bits per heavy atom. The van der Waals surface area contributed by atoms with Gasteiger partial charge in [0, 0.05) is 47.1 Å². The van der Waals surface area contributed by atoms with Crippen molar-refractivity contribution in [1.29, 1.82) is 0 Å². The molecule has 6 aromatic rings. The molecule has 4 aromatic carbocycles. The number of rotatable bonds is 12. The van der Waals surface area contributed by atoms with Gasteiger partial charge in [-0.1, -0.05) is 32.0 Å². The van der Waals surface area contributed by atoms with E-state index in [9.17, 15) is 30.6 Å². The van der Waals surface area contributed by atoms with Crippen LogP contribution in [-0.4, -0.2) is 71.8 Å². The number of aromatic amines is 1. The number of nitrogens with one attached hydrogen (secondary N) is 2. The number of ether oxygens (including phenoxy) is 2. The Morgan fingerprint density at radius 2 is 1.79 bits per heavy atom. The van der Waals surface area contributed by atoms with Crippen LogP contribution in [0.4, 0.5) is 11.5 Å². The third kappa shape index (κ3) is 9.38. The minimum atomic E-state index is -1.17. The van der Waals surface area contributed by atoms with Gasteiger partial charge in [0.1, 0.15) is 17.4 Å². The Balaban J connectivity index is 1.20. The number of carbonyl (C=O) groups is 1. The fourth-order valence-corrected chi connectivity index (χ4v) is 11.6. The summed E-state index contributed by atoms with van der Waals surface area (Å²) < 4.78 is 12.0. The first-order valence-electron chi connectivity index (χ1n) is 24.0. The van der Waals surface area contributed by atoms with Crippen molar-refractivity contribution in [1.82, 2.24) is 9.97 Å². The maximum Gasteiger partial charge on any atom is 0.200 e. The number of pyridine rings is 1. The van der Waals surface area contributed by atoms with Crippen molar-refractivity contribution in [3.63, 3.8) is 0 Å². The molecule has 2 aliphatic heterocycles. The van der Waals surface area contributed by atoms with Crippen molar-refractivity contribution >= 4 is 28.1 Å². The van der Waals surface area contributed by atoms with Gasteiger partial charge in [0.15, 0.2) is 23.0 Å². The summed E-state index contributed by atoms with van der Waals surface area (Å²) in [6.45, 7) is 5.12. The zero-order valence-electron chi connectivity index (χ0n) is 38.4. The van der Waals surface area contributed by atoms with E-state index in [0.717, 1.165) is 70.1 Å². The van der Waals surface area contributed by atoms with E-state index in [1.165, 1.54) is 6.07 Å². The van der Waals surface area contributed by atoms with E-state index in [1.54, 1.807) is 30.5 Å². The van der Waals surface area contributed by atoms with E-state index >= 15 is 4.79 Å². The molecule has 12 nitrogen and oxygen atoms in total. The van der Waals surface area contributed by atoms with Gasteiger partial charge in [0.2, 0.25) is 5.75 Å². The molecule has 6 atom stereocenters. The molecule has 1 spiro atoms. The Kier molecular flexibility index (Phi) is 13.4. The number of H-pyrrole nitrogens is 1. The van der Waals surface area contributed by atoms with Crippen LogP contribution in [-0.2, 0) is 35.9 Å². The minimum Gasteiger partial charge on any atom is -0.508 e. The topological polar surface area (TPSA) is 198 Å². The lowest BCUT2D eigenvalue weighted by Gasteiger charge is -2.45. The lowest BCUT2D eigenvalue weighted by atomic mass is 9.58. The van der Waals surface area contributed by atoms with Gasteiger partial charge in [0.25, 0.3) is 0 Å². The molecule has 0 amide bonds. The third-order valence-electron chi connectivity index (χ3n) is 14.8. The van der Waals surface area contributed by atoms with Crippen molar-refractivity contribution < 1.29 is 44.9 Å². The molecule has 1 saturated carbocycles. The maximum absolute atomic E-state index is 16.0. The van der Waals surface area contributed by atoms with E-state index in [0.29, 0.717) is 74.8 Å². The second-order valence-corrected chi connectivity index (χ2v) is 19.5. The number of aliphatic hydroxyl groups excluding tert-OH is 2. The van der Waals surface area contributed by atoms with Gasteiger partial charge in [-0.15, -0.1) is 0 Å². The van der Waals surface area contributed by atoms with Crippen LogP contribution in [0.3, 0.4) is 0 Å². The van der Waals surface area contributed by atoms with E-state index in [4.69, 9.17) is 14.5 Å². The highest BCUT2D eigenvalue weighted by Gasteiger charge is 2.57. The predicted octanol–water partition coefficient (Wildman–Crippen LogP) is 9.82. The maximum atomic E-state index is 16.0. The first kappa shape index (κ1) is 45.9. The highest BCUT2D eigenvalue weighted by molar-refractivity contribution is 5.92. The van der Waals surface area contributed by atoms with Crippen LogP contribution in [0.2, 0.25) is 0 Å². The lowest BCUT2D eigenvalue weighted by molar-refractivity contribution is -0.132. The summed E-state index contributed by atoms with van der Waals surface area (Å²) >= 11 is 0. The van der Waals surface area contributed by atoms with Gasteiger partial charge in [-0.2, -0.15) is 0 Å². The molecule has 352 valence electrons. The summed E-state index contributed by atoms with van der Waals surface area (Å²) in [6, 6.07) is 23.8. The zero-order chi connectivity index (χ0) is 46.8. The summed E-state index contributed by atoms with van der Waals surface area (Å²) in [5.41, 5.74) is 4.84. The van der Waals surface area contributed by atoms with Gasteiger partial charge < -0.3 is 50.4 Å². The van der Waals surface area contributed by atoms with E-state index in [1.807, 2.05) is 54.7 Å². The number of carbonyl (C=O) groups excluding carboxylic acids is 1. The molecular weight excluding hydrogens is 847 g/mol. The number of ketones is 1. The van der Waals surface area contributed by atoms with Crippen molar-refractivity contribution in [2.45, 2.75) is 114 Å². The fourth-order valence-electron chi connectivity index (χ4n) is 11.6. The molecule has 6 unspecified atom stereocenters. The quantitative estimate of drug-likeness (QED) is 0.0430. The fraction of sp³-hybridized carbons (Fsp3) is 0.418.